The molecule has 2 radical (unpaired) electrons. The van der Waals surface area contributed by atoms with Gasteiger partial charge in [0.25, 0.3) is 0 Å². The van der Waals surface area contributed by atoms with E-state index in [1.165, 1.54) is 57.8 Å². The van der Waals surface area contributed by atoms with Crippen LogP contribution in [0, 0.1) is 24.2 Å². The Bertz CT molecular complexity index is 254. The molecule has 0 aliphatic heterocycles. The zero-order valence-corrected chi connectivity index (χ0v) is 11.9. The fourth-order valence-corrected chi connectivity index (χ4v) is 3.28. The second kappa shape index (κ2) is 7.81. The van der Waals surface area contributed by atoms with Gasteiger partial charge in [0.1, 0.15) is 0 Å². The van der Waals surface area contributed by atoms with Crippen LogP contribution < -0.4 is 0 Å². The molecule has 2 aliphatic rings. The summed E-state index contributed by atoms with van der Waals surface area (Å²) in [6, 6.07) is 0. The summed E-state index contributed by atoms with van der Waals surface area (Å²) in [4.78, 5) is 0. The van der Waals surface area contributed by atoms with Gasteiger partial charge in [-0.15, -0.1) is 0 Å². The third-order valence-corrected chi connectivity index (χ3v) is 4.39. The minimum atomic E-state index is 0.629. The van der Waals surface area contributed by atoms with Gasteiger partial charge in [-0.2, -0.15) is 0 Å². The summed E-state index contributed by atoms with van der Waals surface area (Å²) < 4.78 is 0. The van der Waals surface area contributed by atoms with E-state index in [-0.39, 0.29) is 0 Å². The molecular formula is C18H28. The molecule has 1 fully saturated rings. The lowest BCUT2D eigenvalue weighted by molar-refractivity contribution is 0.483. The van der Waals surface area contributed by atoms with E-state index in [1.807, 2.05) is 0 Å². The lowest BCUT2D eigenvalue weighted by Gasteiger charge is -2.12. The van der Waals surface area contributed by atoms with E-state index < -0.39 is 0 Å². The van der Waals surface area contributed by atoms with Crippen molar-refractivity contribution in [1.29, 1.82) is 0 Å². The van der Waals surface area contributed by atoms with Crippen molar-refractivity contribution < 1.29 is 0 Å². The summed E-state index contributed by atoms with van der Waals surface area (Å²) in [5, 5.41) is 0. The molecule has 0 aromatic carbocycles. The third-order valence-electron chi connectivity index (χ3n) is 4.39. The van der Waals surface area contributed by atoms with Crippen molar-refractivity contribution in [3.05, 3.63) is 30.7 Å². The molecule has 2 aliphatic carbocycles. The van der Waals surface area contributed by atoms with Gasteiger partial charge in [0.05, 0.1) is 0 Å². The van der Waals surface area contributed by atoms with Crippen molar-refractivity contribution in [3.8, 4) is 0 Å². The Hall–Kier alpha value is -0.520. The normalized spacial score (nSPS) is 29.7. The Labute approximate surface area is 114 Å². The fraction of sp³-hybridized carbons (Fsp3) is 0.722. The number of fused-ring (bicyclic) bond motifs is 1. The maximum atomic E-state index is 3.77. The van der Waals surface area contributed by atoms with Gasteiger partial charge >= 0.3 is 0 Å². The predicted octanol–water partition coefficient (Wildman–Crippen LogP) is 5.59. The molecule has 100 valence electrons. The molecule has 2 rings (SSSR count). The summed E-state index contributed by atoms with van der Waals surface area (Å²) in [5.41, 5.74) is 0. The average Bonchev–Trinajstić information content (AvgIpc) is 2.80. The molecule has 0 aromatic rings. The predicted molar refractivity (Wildman–Crippen MR) is 79.2 cm³/mol. The number of rotatable bonds is 8. The number of allylic oxidation sites excluding steroid dienone is 4. The largest absolute Gasteiger partial charge is 0.0808 e. The second-order valence-electron chi connectivity index (χ2n) is 5.97. The van der Waals surface area contributed by atoms with Gasteiger partial charge in [0.2, 0.25) is 0 Å². The highest BCUT2D eigenvalue weighted by Crippen LogP contribution is 2.41. The molecule has 0 heterocycles. The zero-order valence-electron chi connectivity index (χ0n) is 11.9. The fourth-order valence-electron chi connectivity index (χ4n) is 3.28. The molecule has 0 spiro atoms. The van der Waals surface area contributed by atoms with Crippen LogP contribution in [0.4, 0.5) is 0 Å². The van der Waals surface area contributed by atoms with E-state index >= 15 is 0 Å². The summed E-state index contributed by atoms with van der Waals surface area (Å²) in [5.74, 6) is 2.16. The first-order valence-corrected chi connectivity index (χ1v) is 8.01. The lowest BCUT2D eigenvalue weighted by atomic mass is 9.92. The van der Waals surface area contributed by atoms with Gasteiger partial charge in [-0.3, -0.25) is 0 Å². The Morgan fingerprint density at radius 1 is 0.944 bits per heavy atom. The van der Waals surface area contributed by atoms with Gasteiger partial charge in [0, 0.05) is 0 Å². The summed E-state index contributed by atoms with van der Waals surface area (Å²) in [6.07, 6.45) is 25.6. The van der Waals surface area contributed by atoms with E-state index in [0.717, 1.165) is 11.8 Å². The Morgan fingerprint density at radius 3 is 2.44 bits per heavy atom. The molecule has 0 saturated heterocycles. The van der Waals surface area contributed by atoms with E-state index in [1.54, 1.807) is 0 Å². The summed E-state index contributed by atoms with van der Waals surface area (Å²) in [7, 11) is 0. The first-order valence-electron chi connectivity index (χ1n) is 8.01. The zero-order chi connectivity index (χ0) is 12.6. The standard InChI is InChI=1S/C18H28/c1-2-3-4-5-6-7-8-11-16-14-17-12-9-10-13-18(17)15-16/h9-10,12-13,16-18H,2-8,11,14H2,1H3. The Morgan fingerprint density at radius 2 is 1.67 bits per heavy atom. The minimum Gasteiger partial charge on any atom is -0.0808 e. The average molecular weight is 244 g/mol. The molecule has 3 unspecified atom stereocenters. The monoisotopic (exact) mass is 244 g/mol. The van der Waals surface area contributed by atoms with Crippen molar-refractivity contribution in [2.45, 2.75) is 64.7 Å². The molecule has 0 aromatic heterocycles. The van der Waals surface area contributed by atoms with Crippen molar-refractivity contribution >= 4 is 0 Å². The molecule has 0 bridgehead atoms. The molecule has 1 saturated carbocycles. The van der Waals surface area contributed by atoms with Crippen LogP contribution in [0.3, 0.4) is 0 Å². The van der Waals surface area contributed by atoms with Crippen LogP contribution in [0.5, 0.6) is 0 Å². The van der Waals surface area contributed by atoms with E-state index in [0.29, 0.717) is 5.92 Å². The molecule has 3 atom stereocenters. The summed E-state index contributed by atoms with van der Waals surface area (Å²) >= 11 is 0. The third kappa shape index (κ3) is 4.30. The second-order valence-corrected chi connectivity index (χ2v) is 5.97. The van der Waals surface area contributed by atoms with Crippen LogP contribution in [0.1, 0.15) is 64.7 Å². The highest BCUT2D eigenvalue weighted by molar-refractivity contribution is 5.20. The topological polar surface area (TPSA) is 0 Å². The van der Waals surface area contributed by atoms with E-state index in [2.05, 4.69) is 37.6 Å². The Kier molecular flexibility index (Phi) is 6.04. The Balaban J connectivity index is 1.50. The van der Waals surface area contributed by atoms with Gasteiger partial charge < -0.3 is 0 Å². The van der Waals surface area contributed by atoms with Gasteiger partial charge in [-0.05, 0) is 37.0 Å². The van der Waals surface area contributed by atoms with E-state index in [9.17, 15) is 0 Å². The molecular weight excluding hydrogens is 216 g/mol. The smallest absolute Gasteiger partial charge is 0.00588 e. The van der Waals surface area contributed by atoms with Crippen molar-refractivity contribution in [2.24, 2.45) is 17.8 Å². The van der Waals surface area contributed by atoms with Crippen molar-refractivity contribution in [3.63, 3.8) is 0 Å². The van der Waals surface area contributed by atoms with Gasteiger partial charge in [-0.1, -0.05) is 76.2 Å². The maximum absolute atomic E-state index is 3.77. The number of hydrogen-bond acceptors (Lipinski definition) is 0. The number of hydrogen-bond donors (Lipinski definition) is 0. The van der Waals surface area contributed by atoms with E-state index in [4.69, 9.17) is 0 Å². The maximum Gasteiger partial charge on any atom is -0.00588 e. The molecule has 0 N–H and O–H groups in total. The quantitative estimate of drug-likeness (QED) is 0.488. The minimum absolute atomic E-state index is 0.629. The molecule has 0 nitrogen and oxygen atoms in total. The van der Waals surface area contributed by atoms with Gasteiger partial charge in [0.15, 0.2) is 0 Å². The first-order chi connectivity index (χ1) is 8.90. The molecule has 0 heteroatoms. The highest BCUT2D eigenvalue weighted by atomic mass is 14.4. The highest BCUT2D eigenvalue weighted by Gasteiger charge is 2.31. The SMILES string of the molecule is CCCCCCCCCC1[C]C2C=CC=CC2C1. The van der Waals surface area contributed by atoms with Crippen LogP contribution in [-0.2, 0) is 0 Å². The van der Waals surface area contributed by atoms with Crippen LogP contribution in [0.2, 0.25) is 0 Å². The summed E-state index contributed by atoms with van der Waals surface area (Å²) in [6.45, 7) is 2.29. The first kappa shape index (κ1) is 13.9. The van der Waals surface area contributed by atoms with Crippen LogP contribution >= 0.6 is 0 Å². The van der Waals surface area contributed by atoms with Crippen LogP contribution in [0.15, 0.2) is 24.3 Å². The van der Waals surface area contributed by atoms with Crippen molar-refractivity contribution in [2.75, 3.05) is 0 Å². The van der Waals surface area contributed by atoms with Gasteiger partial charge in [-0.25, -0.2) is 0 Å². The van der Waals surface area contributed by atoms with Crippen LogP contribution in [-0.4, -0.2) is 0 Å². The lowest BCUT2D eigenvalue weighted by Crippen LogP contribution is -2.03. The van der Waals surface area contributed by atoms with Crippen molar-refractivity contribution in [1.82, 2.24) is 0 Å². The molecule has 0 amide bonds. The van der Waals surface area contributed by atoms with Crippen LogP contribution in [0.25, 0.3) is 0 Å². The molecule has 18 heavy (non-hydrogen) atoms. The number of unbranched alkanes of at least 4 members (excludes halogenated alkanes) is 6.